The summed E-state index contributed by atoms with van der Waals surface area (Å²) in [5, 5.41) is 0. The molecule has 0 aliphatic carbocycles. The summed E-state index contributed by atoms with van der Waals surface area (Å²) in [5.41, 5.74) is 1.56. The van der Waals surface area contributed by atoms with Gasteiger partial charge in [-0.3, -0.25) is 0 Å². The number of rotatable bonds is 7. The third kappa shape index (κ3) is 7.42. The van der Waals surface area contributed by atoms with Crippen LogP contribution in [0.1, 0.15) is 49.5 Å². The molecule has 136 valence electrons. The lowest BCUT2D eigenvalue weighted by Gasteiger charge is -2.10. The van der Waals surface area contributed by atoms with Gasteiger partial charge in [0.05, 0.1) is 11.1 Å². The van der Waals surface area contributed by atoms with Crippen LogP contribution in [0, 0.1) is 0 Å². The van der Waals surface area contributed by atoms with E-state index in [2.05, 4.69) is 12.7 Å². The molecule has 0 fully saturated rings. The van der Waals surface area contributed by atoms with Gasteiger partial charge < -0.3 is 4.74 Å². The fraction of sp³-hybridized carbons (Fsp3) is 0.350. The smallest absolute Gasteiger partial charge is 0.416 e. The highest BCUT2D eigenvalue weighted by Crippen LogP contribution is 2.32. The normalized spacial score (nSPS) is 11.8. The van der Waals surface area contributed by atoms with E-state index in [1.165, 1.54) is 29.8 Å². The minimum Gasteiger partial charge on any atom is -0.458 e. The van der Waals surface area contributed by atoms with E-state index in [0.29, 0.717) is 0 Å². The minimum atomic E-state index is -4.49. The van der Waals surface area contributed by atoms with Crippen molar-refractivity contribution in [3.63, 3.8) is 0 Å². The maximum Gasteiger partial charge on any atom is 0.416 e. The zero-order valence-electron chi connectivity index (χ0n) is 14.7. The van der Waals surface area contributed by atoms with Gasteiger partial charge in [0.1, 0.15) is 6.61 Å². The van der Waals surface area contributed by atoms with Crippen molar-refractivity contribution in [1.82, 2.24) is 0 Å². The maximum atomic E-state index is 12.6. The lowest BCUT2D eigenvalue weighted by molar-refractivity contribution is -0.0686. The highest BCUT2D eigenvalue weighted by atomic mass is 19.4. The van der Waals surface area contributed by atoms with Crippen molar-refractivity contribution >= 4 is 11.5 Å². The molecule has 2 nitrogen and oxygen atoms in total. The third-order valence-corrected chi connectivity index (χ3v) is 3.55. The number of alkyl halides is 3. The molecular weight excluding hydrogens is 329 g/mol. The van der Waals surface area contributed by atoms with Crippen molar-refractivity contribution in [2.24, 2.45) is 0 Å². The molecule has 5 heteroatoms. The van der Waals surface area contributed by atoms with Gasteiger partial charge in [-0.25, -0.2) is 4.79 Å². The first-order valence-corrected chi connectivity index (χ1v) is 7.94. The van der Waals surface area contributed by atoms with Crippen LogP contribution in [0.4, 0.5) is 13.2 Å². The first kappa shape index (κ1) is 20.7. The zero-order chi connectivity index (χ0) is 19.0. The molecule has 0 saturated heterocycles. The second-order valence-electron chi connectivity index (χ2n) is 6.02. The number of hydrogen-bond acceptors (Lipinski definition) is 2. The molecule has 0 aliphatic rings. The molecule has 25 heavy (non-hydrogen) atoms. The van der Waals surface area contributed by atoms with Crippen molar-refractivity contribution in [2.45, 2.75) is 39.8 Å². The Balaban J connectivity index is 2.55. The highest BCUT2D eigenvalue weighted by molar-refractivity contribution is 5.90. The summed E-state index contributed by atoms with van der Waals surface area (Å²) in [6, 6.07) is 5.04. The van der Waals surface area contributed by atoms with Crippen molar-refractivity contribution in [3.8, 4) is 0 Å². The van der Waals surface area contributed by atoms with E-state index < -0.39 is 17.7 Å². The first-order valence-electron chi connectivity index (χ1n) is 7.94. The SMILES string of the molecule is C=C(c1ccc(C(=O)OC/C=C(\C)CCC=C(C)C)cc1)C(F)(F)F. The van der Waals surface area contributed by atoms with Crippen LogP contribution in [0.15, 0.2) is 54.1 Å². The number of halogens is 3. The molecule has 0 N–H and O–H groups in total. The number of esters is 1. The number of carbonyl (C=O) groups excluding carboxylic acids is 1. The molecule has 1 rings (SSSR count). The Bertz CT molecular complexity index is 661. The molecule has 1 aromatic carbocycles. The van der Waals surface area contributed by atoms with Crippen LogP contribution in [0.5, 0.6) is 0 Å². The Labute approximate surface area is 146 Å². The topological polar surface area (TPSA) is 26.3 Å². The number of carbonyl (C=O) groups is 1. The number of benzene rings is 1. The maximum absolute atomic E-state index is 12.6. The molecule has 0 aromatic heterocycles. The Morgan fingerprint density at radius 1 is 1.08 bits per heavy atom. The first-order chi connectivity index (χ1) is 11.6. The van der Waals surface area contributed by atoms with E-state index in [9.17, 15) is 18.0 Å². The quantitative estimate of drug-likeness (QED) is 0.437. The summed E-state index contributed by atoms with van der Waals surface area (Å²) in [4.78, 5) is 11.9. The van der Waals surface area contributed by atoms with Gasteiger partial charge in [0, 0.05) is 0 Å². The summed E-state index contributed by atoms with van der Waals surface area (Å²) in [6.45, 7) is 9.20. The standard InChI is InChI=1S/C20H23F3O2/c1-14(2)6-5-7-15(3)12-13-25-19(24)18-10-8-17(9-11-18)16(4)20(21,22)23/h6,8-12H,4-5,7,13H2,1-3H3/b15-12+. The second-order valence-corrected chi connectivity index (χ2v) is 6.02. The lowest BCUT2D eigenvalue weighted by Crippen LogP contribution is -2.10. The van der Waals surface area contributed by atoms with Gasteiger partial charge in [0.25, 0.3) is 0 Å². The molecule has 0 aliphatic heterocycles. The van der Waals surface area contributed by atoms with Crippen LogP contribution >= 0.6 is 0 Å². The van der Waals surface area contributed by atoms with Crippen LogP contribution in [0.3, 0.4) is 0 Å². The summed E-state index contributed by atoms with van der Waals surface area (Å²) in [5.74, 6) is -0.572. The molecule has 0 heterocycles. The van der Waals surface area contributed by atoms with E-state index >= 15 is 0 Å². The van der Waals surface area contributed by atoms with Crippen LogP contribution in [0.25, 0.3) is 5.57 Å². The van der Waals surface area contributed by atoms with E-state index in [-0.39, 0.29) is 17.7 Å². The Hall–Kier alpha value is -2.30. The molecule has 0 radical (unpaired) electrons. The van der Waals surface area contributed by atoms with Crippen molar-refractivity contribution < 1.29 is 22.7 Å². The van der Waals surface area contributed by atoms with Gasteiger partial charge in [-0.2, -0.15) is 13.2 Å². The average molecular weight is 352 g/mol. The number of hydrogen-bond donors (Lipinski definition) is 0. The highest BCUT2D eigenvalue weighted by Gasteiger charge is 2.32. The zero-order valence-corrected chi connectivity index (χ0v) is 14.7. The molecular formula is C20H23F3O2. The molecule has 0 amide bonds. The van der Waals surface area contributed by atoms with E-state index in [1.54, 1.807) is 0 Å². The molecule has 0 saturated carbocycles. The Morgan fingerprint density at radius 3 is 2.16 bits per heavy atom. The monoisotopic (exact) mass is 352 g/mol. The van der Waals surface area contributed by atoms with Crippen LogP contribution in [-0.2, 0) is 4.74 Å². The van der Waals surface area contributed by atoms with Crippen molar-refractivity contribution in [3.05, 3.63) is 65.3 Å². The van der Waals surface area contributed by atoms with E-state index in [4.69, 9.17) is 4.74 Å². The van der Waals surface area contributed by atoms with Gasteiger partial charge in [0.15, 0.2) is 0 Å². The number of allylic oxidation sites excluding steroid dienone is 4. The molecule has 0 unspecified atom stereocenters. The van der Waals surface area contributed by atoms with Crippen molar-refractivity contribution in [2.75, 3.05) is 6.61 Å². The van der Waals surface area contributed by atoms with E-state index in [0.717, 1.165) is 18.4 Å². The van der Waals surface area contributed by atoms with Crippen LogP contribution < -0.4 is 0 Å². The summed E-state index contributed by atoms with van der Waals surface area (Å²) in [6.07, 6.45) is 1.30. The number of ether oxygens (including phenoxy) is 1. The lowest BCUT2D eigenvalue weighted by atomic mass is 10.1. The third-order valence-electron chi connectivity index (χ3n) is 3.55. The van der Waals surface area contributed by atoms with Crippen molar-refractivity contribution in [1.29, 1.82) is 0 Å². The fourth-order valence-electron chi connectivity index (χ4n) is 2.00. The average Bonchev–Trinajstić information content (AvgIpc) is 2.53. The second kappa shape index (κ2) is 9.25. The predicted molar refractivity (Wildman–Crippen MR) is 94.2 cm³/mol. The minimum absolute atomic E-state index is 0.0703. The molecule has 0 atom stereocenters. The van der Waals surface area contributed by atoms with E-state index in [1.807, 2.05) is 26.8 Å². The summed E-state index contributed by atoms with van der Waals surface area (Å²) >= 11 is 0. The predicted octanol–water partition coefficient (Wildman–Crippen LogP) is 6.11. The van der Waals surface area contributed by atoms with Crippen LogP contribution in [0.2, 0.25) is 0 Å². The summed E-state index contributed by atoms with van der Waals surface area (Å²) < 4.78 is 42.8. The molecule has 1 aromatic rings. The molecule has 0 bridgehead atoms. The summed E-state index contributed by atoms with van der Waals surface area (Å²) in [7, 11) is 0. The van der Waals surface area contributed by atoms with Gasteiger partial charge in [-0.05, 0) is 57.4 Å². The largest absolute Gasteiger partial charge is 0.458 e. The van der Waals surface area contributed by atoms with Gasteiger partial charge in [-0.15, -0.1) is 0 Å². The van der Waals surface area contributed by atoms with Crippen LogP contribution in [-0.4, -0.2) is 18.8 Å². The van der Waals surface area contributed by atoms with Gasteiger partial charge in [-0.1, -0.05) is 35.9 Å². The Kier molecular flexibility index (Phi) is 7.68. The fourth-order valence-corrected chi connectivity index (χ4v) is 2.00. The Morgan fingerprint density at radius 2 is 1.64 bits per heavy atom. The van der Waals surface area contributed by atoms with Gasteiger partial charge in [0.2, 0.25) is 0 Å². The van der Waals surface area contributed by atoms with Gasteiger partial charge >= 0.3 is 12.1 Å². The molecule has 0 spiro atoms.